The average Bonchev–Trinajstić information content (AvgIpc) is 2.42. The number of carbonyl (C=O) groups is 1. The number of nitrogens with one attached hydrogen (secondary N) is 2. The number of H-pyrrole nitrogens is 1. The second-order valence-corrected chi connectivity index (χ2v) is 7.17. The molecule has 0 bridgehead atoms. The maximum Gasteiger partial charge on any atom is 0.273 e. The fraction of sp³-hybridized carbons (Fsp3) is 0.556. The first kappa shape index (κ1) is 14.0. The van der Waals surface area contributed by atoms with Crippen molar-refractivity contribution in [1.29, 1.82) is 0 Å². The summed E-state index contributed by atoms with van der Waals surface area (Å²) in [5.41, 5.74) is -0.469. The molecular formula is C9H14ClN3O3S. The molecule has 0 atom stereocenters. The largest absolute Gasteiger partial charge is 0.346 e. The molecule has 1 aromatic rings. The molecule has 1 aromatic heterocycles. The number of halogens is 1. The molecule has 8 heteroatoms. The van der Waals surface area contributed by atoms with Crippen molar-refractivity contribution >= 4 is 25.6 Å². The summed E-state index contributed by atoms with van der Waals surface area (Å²) in [6.45, 7) is 6.81. The van der Waals surface area contributed by atoms with Gasteiger partial charge in [-0.1, -0.05) is 0 Å². The molecule has 1 heterocycles. The molecule has 1 amide bonds. The molecule has 1 rings (SSSR count). The van der Waals surface area contributed by atoms with E-state index in [2.05, 4.69) is 15.5 Å². The van der Waals surface area contributed by atoms with E-state index in [0.29, 0.717) is 0 Å². The third-order valence-electron chi connectivity index (χ3n) is 1.84. The van der Waals surface area contributed by atoms with Gasteiger partial charge in [0.2, 0.25) is 0 Å². The lowest BCUT2D eigenvalue weighted by molar-refractivity contribution is 0.0911. The Morgan fingerprint density at radius 1 is 1.41 bits per heavy atom. The molecule has 2 N–H and O–H groups in total. The van der Waals surface area contributed by atoms with Gasteiger partial charge in [-0.25, -0.2) is 8.42 Å². The predicted octanol–water partition coefficient (Wildman–Crippen LogP) is 1.17. The quantitative estimate of drug-likeness (QED) is 0.795. The summed E-state index contributed by atoms with van der Waals surface area (Å²) in [6, 6.07) is 0. The molecule has 0 aromatic carbocycles. The summed E-state index contributed by atoms with van der Waals surface area (Å²) >= 11 is 0. The lowest BCUT2D eigenvalue weighted by atomic mass is 10.1. The fourth-order valence-electron chi connectivity index (χ4n) is 1.27. The highest BCUT2D eigenvalue weighted by atomic mass is 35.7. The van der Waals surface area contributed by atoms with Crippen molar-refractivity contribution in [2.45, 2.75) is 38.1 Å². The van der Waals surface area contributed by atoms with Gasteiger partial charge < -0.3 is 5.32 Å². The van der Waals surface area contributed by atoms with Crippen LogP contribution < -0.4 is 5.32 Å². The van der Waals surface area contributed by atoms with Crippen LogP contribution in [0.1, 0.15) is 37.0 Å². The van der Waals surface area contributed by atoms with Crippen LogP contribution in [0.15, 0.2) is 4.90 Å². The molecule has 96 valence electrons. The first-order chi connectivity index (χ1) is 7.52. The highest BCUT2D eigenvalue weighted by molar-refractivity contribution is 8.13. The number of hydrogen-bond donors (Lipinski definition) is 2. The van der Waals surface area contributed by atoms with Crippen LogP contribution >= 0.6 is 10.7 Å². The zero-order chi connectivity index (χ0) is 13.4. The van der Waals surface area contributed by atoms with Crippen molar-refractivity contribution in [3.8, 4) is 0 Å². The van der Waals surface area contributed by atoms with E-state index < -0.39 is 20.5 Å². The molecule has 6 nitrogen and oxygen atoms in total. The molecule has 0 radical (unpaired) electrons. The summed E-state index contributed by atoms with van der Waals surface area (Å²) in [6.07, 6.45) is 0. The zero-order valence-corrected chi connectivity index (χ0v) is 11.5. The van der Waals surface area contributed by atoms with E-state index in [4.69, 9.17) is 10.7 Å². The van der Waals surface area contributed by atoms with E-state index in [0.717, 1.165) is 0 Å². The van der Waals surface area contributed by atoms with Crippen molar-refractivity contribution in [2.75, 3.05) is 0 Å². The van der Waals surface area contributed by atoms with Gasteiger partial charge in [0.15, 0.2) is 5.69 Å². The second kappa shape index (κ2) is 4.30. The molecule has 0 unspecified atom stereocenters. The monoisotopic (exact) mass is 279 g/mol. The Balaban J connectivity index is 3.22. The summed E-state index contributed by atoms with van der Waals surface area (Å²) in [4.78, 5) is 11.5. The van der Waals surface area contributed by atoms with Gasteiger partial charge >= 0.3 is 0 Å². The number of aryl methyl sites for hydroxylation is 1. The van der Waals surface area contributed by atoms with Crippen molar-refractivity contribution in [2.24, 2.45) is 0 Å². The van der Waals surface area contributed by atoms with Crippen LogP contribution in [0.25, 0.3) is 0 Å². The maximum atomic E-state index is 11.8. The number of amides is 1. The zero-order valence-electron chi connectivity index (χ0n) is 9.96. The van der Waals surface area contributed by atoms with E-state index in [9.17, 15) is 13.2 Å². The normalized spacial score (nSPS) is 12.5. The van der Waals surface area contributed by atoms with E-state index in [1.54, 1.807) is 20.8 Å². The van der Waals surface area contributed by atoms with E-state index >= 15 is 0 Å². The van der Waals surface area contributed by atoms with E-state index in [1.807, 2.05) is 0 Å². The van der Waals surface area contributed by atoms with Crippen LogP contribution in [-0.4, -0.2) is 30.1 Å². The van der Waals surface area contributed by atoms with Gasteiger partial charge in [0.05, 0.1) is 5.69 Å². The minimum Gasteiger partial charge on any atom is -0.346 e. The topological polar surface area (TPSA) is 91.9 Å². The first-order valence-corrected chi connectivity index (χ1v) is 7.15. The Bertz CT molecular complexity index is 542. The van der Waals surface area contributed by atoms with Gasteiger partial charge in [-0.05, 0) is 27.7 Å². The van der Waals surface area contributed by atoms with Gasteiger partial charge in [-0.15, -0.1) is 0 Å². The van der Waals surface area contributed by atoms with Crippen LogP contribution in [0.4, 0.5) is 0 Å². The van der Waals surface area contributed by atoms with Crippen LogP contribution in [0, 0.1) is 6.92 Å². The standard InChI is InChI=1S/C9H14ClN3O3S/c1-5-7(17(10,15)16)6(13-12-5)8(14)11-9(2,3)4/h1-4H3,(H,11,14)(H,12,13). The lowest BCUT2D eigenvalue weighted by Crippen LogP contribution is -2.41. The molecule has 0 aliphatic rings. The Labute approximate surface area is 104 Å². The molecule has 0 fully saturated rings. The molecule has 0 spiro atoms. The SMILES string of the molecule is Cc1[nH]nc(C(=O)NC(C)(C)C)c1S(=O)(=O)Cl. The number of aromatic amines is 1. The Morgan fingerprint density at radius 3 is 2.35 bits per heavy atom. The third kappa shape index (κ3) is 3.44. The number of rotatable bonds is 2. The number of carbonyl (C=O) groups excluding carboxylic acids is 1. The van der Waals surface area contributed by atoms with Crippen LogP contribution in [0.3, 0.4) is 0 Å². The summed E-state index contributed by atoms with van der Waals surface area (Å²) < 4.78 is 22.7. The van der Waals surface area contributed by atoms with Gasteiger partial charge in [0.1, 0.15) is 4.90 Å². The molecule has 17 heavy (non-hydrogen) atoms. The molecule has 0 aliphatic heterocycles. The predicted molar refractivity (Wildman–Crippen MR) is 63.6 cm³/mol. The molecule has 0 saturated carbocycles. The second-order valence-electron chi connectivity index (χ2n) is 4.67. The van der Waals surface area contributed by atoms with Gasteiger partial charge in [0, 0.05) is 16.2 Å². The van der Waals surface area contributed by atoms with E-state index in [1.165, 1.54) is 6.92 Å². The molecule has 0 saturated heterocycles. The van der Waals surface area contributed by atoms with Gasteiger partial charge in [0.25, 0.3) is 15.0 Å². The highest BCUT2D eigenvalue weighted by Gasteiger charge is 2.28. The number of aromatic nitrogens is 2. The lowest BCUT2D eigenvalue weighted by Gasteiger charge is -2.19. The Hall–Kier alpha value is -1.08. The van der Waals surface area contributed by atoms with Crippen molar-refractivity contribution < 1.29 is 13.2 Å². The third-order valence-corrected chi connectivity index (χ3v) is 3.29. The molecule has 0 aliphatic carbocycles. The van der Waals surface area contributed by atoms with E-state index in [-0.39, 0.29) is 16.3 Å². The Kier molecular flexibility index (Phi) is 3.54. The number of nitrogens with zero attached hydrogens (tertiary/aromatic N) is 1. The smallest absolute Gasteiger partial charge is 0.273 e. The first-order valence-electron chi connectivity index (χ1n) is 4.84. The van der Waals surface area contributed by atoms with Crippen LogP contribution in [-0.2, 0) is 9.05 Å². The van der Waals surface area contributed by atoms with Gasteiger partial charge in [-0.3, -0.25) is 9.89 Å². The van der Waals surface area contributed by atoms with Crippen molar-refractivity contribution in [3.63, 3.8) is 0 Å². The Morgan fingerprint density at radius 2 is 1.94 bits per heavy atom. The summed E-state index contributed by atoms with van der Waals surface area (Å²) in [5, 5.41) is 8.72. The molecular weight excluding hydrogens is 266 g/mol. The number of hydrogen-bond acceptors (Lipinski definition) is 4. The van der Waals surface area contributed by atoms with Gasteiger partial charge in [-0.2, -0.15) is 5.10 Å². The maximum absolute atomic E-state index is 11.8. The van der Waals surface area contributed by atoms with Crippen LogP contribution in [0.2, 0.25) is 0 Å². The fourth-order valence-corrected chi connectivity index (χ4v) is 2.62. The minimum atomic E-state index is -4.00. The van der Waals surface area contributed by atoms with Crippen LogP contribution in [0.5, 0.6) is 0 Å². The minimum absolute atomic E-state index is 0.215. The summed E-state index contributed by atoms with van der Waals surface area (Å²) in [7, 11) is 1.25. The summed E-state index contributed by atoms with van der Waals surface area (Å²) in [5.74, 6) is -0.582. The highest BCUT2D eigenvalue weighted by Crippen LogP contribution is 2.22. The average molecular weight is 280 g/mol. The van der Waals surface area contributed by atoms with Crippen molar-refractivity contribution in [1.82, 2.24) is 15.5 Å². The van der Waals surface area contributed by atoms with Crippen molar-refractivity contribution in [3.05, 3.63) is 11.4 Å².